The zero-order chi connectivity index (χ0) is 21.1. The molecule has 6 heteroatoms. The molecule has 3 fully saturated rings. The Bertz CT molecular complexity index is 620. The summed E-state index contributed by atoms with van der Waals surface area (Å²) in [6.07, 6.45) is 7.29. The highest BCUT2D eigenvalue weighted by Crippen LogP contribution is 2.42. The summed E-state index contributed by atoms with van der Waals surface area (Å²) in [5.41, 5.74) is 0. The van der Waals surface area contributed by atoms with Crippen molar-refractivity contribution >= 4 is 17.7 Å². The Morgan fingerprint density at radius 3 is 2.55 bits per heavy atom. The summed E-state index contributed by atoms with van der Waals surface area (Å²) in [4.78, 5) is 39.4. The number of nitrogens with zero attached hydrogens (tertiary/aromatic N) is 1. The number of carbonyl (C=O) groups is 3. The van der Waals surface area contributed by atoms with E-state index < -0.39 is 0 Å². The van der Waals surface area contributed by atoms with Gasteiger partial charge in [0.2, 0.25) is 0 Å². The maximum Gasteiger partial charge on any atom is 0.309 e. The van der Waals surface area contributed by atoms with Crippen LogP contribution in [0.3, 0.4) is 0 Å². The molecule has 3 heterocycles. The Kier molecular flexibility index (Phi) is 7.36. The quantitative estimate of drug-likeness (QED) is 0.603. The largest absolute Gasteiger partial charge is 0.469 e. The van der Waals surface area contributed by atoms with E-state index in [9.17, 15) is 14.4 Å². The monoisotopic (exact) mass is 407 g/mol. The maximum atomic E-state index is 13.1. The van der Waals surface area contributed by atoms with E-state index in [2.05, 4.69) is 11.8 Å². The van der Waals surface area contributed by atoms with Crippen molar-refractivity contribution < 1.29 is 23.9 Å². The molecular weight excluding hydrogens is 370 g/mol. The van der Waals surface area contributed by atoms with Gasteiger partial charge in [0, 0.05) is 24.4 Å². The molecule has 0 aromatic rings. The lowest BCUT2D eigenvalue weighted by molar-refractivity contribution is -0.147. The number of rotatable bonds is 7. The summed E-state index contributed by atoms with van der Waals surface area (Å²) in [7, 11) is 1.37. The van der Waals surface area contributed by atoms with E-state index in [0.29, 0.717) is 12.0 Å². The molecule has 0 aromatic carbocycles. The molecule has 0 radical (unpaired) electrons. The maximum absolute atomic E-state index is 13.1. The molecule has 0 aromatic heterocycles. The first-order valence-electron chi connectivity index (χ1n) is 11.4. The van der Waals surface area contributed by atoms with Gasteiger partial charge in [-0.05, 0) is 51.0 Å². The van der Waals surface area contributed by atoms with Gasteiger partial charge >= 0.3 is 11.9 Å². The minimum Gasteiger partial charge on any atom is -0.469 e. The lowest BCUT2D eigenvalue weighted by Crippen LogP contribution is -2.47. The average Bonchev–Trinajstić information content (AvgIpc) is 3.19. The number of fused-ring (bicyclic) bond motifs is 1. The van der Waals surface area contributed by atoms with E-state index in [4.69, 9.17) is 9.47 Å². The van der Waals surface area contributed by atoms with Crippen LogP contribution in [-0.2, 0) is 23.9 Å². The second-order valence-corrected chi connectivity index (χ2v) is 9.33. The van der Waals surface area contributed by atoms with Gasteiger partial charge in [-0.3, -0.25) is 19.3 Å². The highest BCUT2D eigenvalue weighted by Gasteiger charge is 2.48. The normalized spacial score (nSPS) is 34.8. The fourth-order valence-corrected chi connectivity index (χ4v) is 5.95. The minimum atomic E-state index is -0.390. The van der Waals surface area contributed by atoms with E-state index >= 15 is 0 Å². The molecule has 3 rings (SSSR count). The number of ketones is 1. The summed E-state index contributed by atoms with van der Waals surface area (Å²) in [6, 6.07) is 0.663. The molecule has 0 N–H and O–H groups in total. The van der Waals surface area contributed by atoms with Crippen molar-refractivity contribution in [1.82, 2.24) is 4.90 Å². The molecule has 6 nitrogen and oxygen atoms in total. The smallest absolute Gasteiger partial charge is 0.309 e. The van der Waals surface area contributed by atoms with Crippen LogP contribution in [0.4, 0.5) is 0 Å². The van der Waals surface area contributed by atoms with Gasteiger partial charge in [0.25, 0.3) is 0 Å². The first-order valence-corrected chi connectivity index (χ1v) is 11.4. The molecule has 7 atom stereocenters. The third kappa shape index (κ3) is 4.68. The number of Topliss-reactive ketones (excluding diaryl/α,β-unsaturated/α-hetero) is 1. The Balaban J connectivity index is 1.72. The first kappa shape index (κ1) is 22.3. The summed E-state index contributed by atoms with van der Waals surface area (Å²) < 4.78 is 10.5. The van der Waals surface area contributed by atoms with Crippen molar-refractivity contribution in [2.24, 2.45) is 23.7 Å². The predicted octanol–water partition coefficient (Wildman–Crippen LogP) is 3.37. The highest BCUT2D eigenvalue weighted by molar-refractivity contribution is 5.86. The number of hydrogen-bond donors (Lipinski definition) is 0. The SMILES string of the molecule is CC[C@H](C(=O)C[C@H](C)C(=O)OC)C1CCCCN2C(C3C[C@H](C)C(=O)O3)CCC12. The van der Waals surface area contributed by atoms with Crippen molar-refractivity contribution in [3.63, 3.8) is 0 Å². The van der Waals surface area contributed by atoms with Crippen LogP contribution in [0.1, 0.15) is 72.1 Å². The molecule has 0 bridgehead atoms. The van der Waals surface area contributed by atoms with Gasteiger partial charge in [-0.15, -0.1) is 0 Å². The number of hydrogen-bond acceptors (Lipinski definition) is 6. The lowest BCUT2D eigenvalue weighted by Gasteiger charge is -2.37. The van der Waals surface area contributed by atoms with Crippen LogP contribution < -0.4 is 0 Å². The predicted molar refractivity (Wildman–Crippen MR) is 109 cm³/mol. The molecule has 3 aliphatic heterocycles. The topological polar surface area (TPSA) is 72.9 Å². The first-order chi connectivity index (χ1) is 13.9. The van der Waals surface area contributed by atoms with Crippen molar-refractivity contribution in [1.29, 1.82) is 0 Å². The molecule has 0 saturated carbocycles. The van der Waals surface area contributed by atoms with Crippen LogP contribution in [-0.4, -0.2) is 54.5 Å². The summed E-state index contributed by atoms with van der Waals surface area (Å²) in [5, 5.41) is 0. The number of cyclic esters (lactones) is 1. The number of esters is 2. The third-order valence-electron chi connectivity index (χ3n) is 7.47. The van der Waals surface area contributed by atoms with Crippen LogP contribution in [0.5, 0.6) is 0 Å². The van der Waals surface area contributed by atoms with Crippen LogP contribution >= 0.6 is 0 Å². The lowest BCUT2D eigenvalue weighted by atomic mass is 9.76. The second kappa shape index (κ2) is 9.59. The van der Waals surface area contributed by atoms with Gasteiger partial charge in [0.05, 0.1) is 18.9 Å². The van der Waals surface area contributed by atoms with Crippen LogP contribution in [0.25, 0.3) is 0 Å². The Morgan fingerprint density at radius 2 is 1.93 bits per heavy atom. The van der Waals surface area contributed by atoms with Crippen LogP contribution in [0.2, 0.25) is 0 Å². The number of ether oxygens (including phenoxy) is 2. The van der Waals surface area contributed by atoms with Gasteiger partial charge in [-0.1, -0.05) is 27.2 Å². The van der Waals surface area contributed by atoms with Gasteiger partial charge in [-0.25, -0.2) is 0 Å². The van der Waals surface area contributed by atoms with Crippen molar-refractivity contribution in [3.8, 4) is 0 Å². The zero-order valence-corrected chi connectivity index (χ0v) is 18.4. The summed E-state index contributed by atoms with van der Waals surface area (Å²) in [6.45, 7) is 6.84. The van der Waals surface area contributed by atoms with Crippen molar-refractivity contribution in [2.45, 2.75) is 90.3 Å². The van der Waals surface area contributed by atoms with E-state index in [1.165, 1.54) is 7.11 Å². The van der Waals surface area contributed by atoms with Crippen molar-refractivity contribution in [3.05, 3.63) is 0 Å². The zero-order valence-electron chi connectivity index (χ0n) is 18.4. The fourth-order valence-electron chi connectivity index (χ4n) is 5.95. The van der Waals surface area contributed by atoms with Crippen LogP contribution in [0.15, 0.2) is 0 Å². The molecule has 3 aliphatic rings. The molecular formula is C23H37NO5. The van der Waals surface area contributed by atoms with Crippen LogP contribution in [0, 0.1) is 23.7 Å². The highest BCUT2D eigenvalue weighted by atomic mass is 16.6. The molecule has 3 saturated heterocycles. The summed E-state index contributed by atoms with van der Waals surface area (Å²) >= 11 is 0. The van der Waals surface area contributed by atoms with E-state index in [1.54, 1.807) is 6.92 Å². The molecule has 29 heavy (non-hydrogen) atoms. The fraction of sp³-hybridized carbons (Fsp3) is 0.870. The molecule has 0 amide bonds. The molecule has 164 valence electrons. The summed E-state index contributed by atoms with van der Waals surface area (Å²) in [5.74, 6) is -0.278. The second-order valence-electron chi connectivity index (χ2n) is 9.33. The standard InChI is InChI=1S/C23H37NO5/c1-5-16(20(25)12-14(2)22(26)28-4)17-8-6-7-11-24-18(17)9-10-19(24)21-13-15(3)23(27)29-21/h14-19,21H,5-13H2,1-4H3/t14-,15-,16-,17?,18?,19?,21?/m0/s1. The molecule has 4 unspecified atom stereocenters. The Labute approximate surface area is 174 Å². The molecule has 0 aliphatic carbocycles. The van der Waals surface area contributed by atoms with Gasteiger partial charge in [0.15, 0.2) is 0 Å². The minimum absolute atomic E-state index is 0.00336. The Morgan fingerprint density at radius 1 is 1.21 bits per heavy atom. The Hall–Kier alpha value is -1.43. The van der Waals surface area contributed by atoms with E-state index in [0.717, 1.165) is 51.5 Å². The molecule has 0 spiro atoms. The van der Waals surface area contributed by atoms with Gasteiger partial charge in [0.1, 0.15) is 11.9 Å². The van der Waals surface area contributed by atoms with Gasteiger partial charge < -0.3 is 9.47 Å². The van der Waals surface area contributed by atoms with Crippen molar-refractivity contribution in [2.75, 3.05) is 13.7 Å². The number of methoxy groups -OCH3 is 1. The van der Waals surface area contributed by atoms with E-state index in [1.807, 2.05) is 6.92 Å². The van der Waals surface area contributed by atoms with E-state index in [-0.39, 0.29) is 54.0 Å². The average molecular weight is 408 g/mol. The third-order valence-corrected chi connectivity index (χ3v) is 7.47. The number of carbonyl (C=O) groups excluding carboxylic acids is 3. The van der Waals surface area contributed by atoms with Gasteiger partial charge in [-0.2, -0.15) is 0 Å².